The molecule has 0 aliphatic heterocycles. The van der Waals surface area contributed by atoms with E-state index in [2.05, 4.69) is 62.4 Å². The number of rotatable bonds is 3. The Balaban J connectivity index is 3.11. The Morgan fingerprint density at radius 1 is 0.933 bits per heavy atom. The molecule has 0 aromatic heterocycles. The molecule has 0 fully saturated rings. The zero-order valence-corrected chi connectivity index (χ0v) is 9.70. The highest BCUT2D eigenvalue weighted by Crippen LogP contribution is 2.23. The fourth-order valence-corrected chi connectivity index (χ4v) is 1.64. The van der Waals surface area contributed by atoms with Crippen molar-refractivity contribution in [2.75, 3.05) is 0 Å². The van der Waals surface area contributed by atoms with E-state index in [4.69, 9.17) is 0 Å². The Bertz CT molecular complexity index is 378. The Labute approximate surface area is 92.6 Å². The predicted octanol–water partition coefficient (Wildman–Crippen LogP) is 4.61. The second-order valence-electron chi connectivity index (χ2n) is 3.31. The average molecular weight is 198 g/mol. The van der Waals surface area contributed by atoms with Crippen molar-refractivity contribution in [3.05, 3.63) is 65.8 Å². The molecule has 78 valence electrons. The van der Waals surface area contributed by atoms with E-state index in [9.17, 15) is 0 Å². The minimum Gasteiger partial charge on any atom is -0.0871 e. The largest absolute Gasteiger partial charge is 0.0871 e. The Morgan fingerprint density at radius 3 is 2.07 bits per heavy atom. The van der Waals surface area contributed by atoms with Crippen molar-refractivity contribution in [1.82, 2.24) is 0 Å². The van der Waals surface area contributed by atoms with E-state index in [1.807, 2.05) is 13.0 Å². The summed E-state index contributed by atoms with van der Waals surface area (Å²) in [6.45, 7) is 6.19. The van der Waals surface area contributed by atoms with Gasteiger partial charge in [-0.3, -0.25) is 0 Å². The first-order valence-electron chi connectivity index (χ1n) is 5.34. The van der Waals surface area contributed by atoms with Crippen molar-refractivity contribution in [2.24, 2.45) is 0 Å². The molecule has 0 aliphatic carbocycles. The van der Waals surface area contributed by atoms with E-state index >= 15 is 0 Å². The summed E-state index contributed by atoms with van der Waals surface area (Å²) in [5.74, 6) is 0. The molecule has 0 aliphatic rings. The molecule has 1 aromatic rings. The van der Waals surface area contributed by atoms with Crippen LogP contribution in [0.25, 0.3) is 5.57 Å². The molecule has 0 unspecified atom stereocenters. The minimum absolute atomic E-state index is 1.27. The van der Waals surface area contributed by atoms with E-state index in [0.29, 0.717) is 0 Å². The van der Waals surface area contributed by atoms with Crippen LogP contribution in [0, 0.1) is 0 Å². The molecule has 0 saturated heterocycles. The van der Waals surface area contributed by atoms with Gasteiger partial charge in [-0.2, -0.15) is 0 Å². The van der Waals surface area contributed by atoms with E-state index < -0.39 is 0 Å². The minimum atomic E-state index is 1.27. The monoisotopic (exact) mass is 198 g/mol. The van der Waals surface area contributed by atoms with Gasteiger partial charge in [-0.05, 0) is 37.5 Å². The second kappa shape index (κ2) is 6.02. The van der Waals surface area contributed by atoms with Crippen LogP contribution in [0.2, 0.25) is 0 Å². The molecule has 0 heterocycles. The van der Waals surface area contributed by atoms with E-state index in [0.717, 1.165) is 0 Å². The van der Waals surface area contributed by atoms with E-state index in [1.165, 1.54) is 16.7 Å². The normalized spacial score (nSPS) is 13.5. The third kappa shape index (κ3) is 2.95. The molecule has 0 radical (unpaired) electrons. The van der Waals surface area contributed by atoms with E-state index in [1.54, 1.807) is 0 Å². The first kappa shape index (κ1) is 11.5. The lowest BCUT2D eigenvalue weighted by Crippen LogP contribution is -1.86. The molecule has 0 heteroatoms. The molecule has 1 rings (SSSR count). The van der Waals surface area contributed by atoms with Gasteiger partial charge >= 0.3 is 0 Å². The van der Waals surface area contributed by atoms with Crippen LogP contribution < -0.4 is 0 Å². The van der Waals surface area contributed by atoms with Crippen molar-refractivity contribution >= 4 is 5.57 Å². The van der Waals surface area contributed by atoms with Gasteiger partial charge in [-0.1, -0.05) is 54.6 Å². The number of hydrogen-bond acceptors (Lipinski definition) is 0. The Hall–Kier alpha value is -1.56. The highest BCUT2D eigenvalue weighted by molar-refractivity contribution is 5.81. The van der Waals surface area contributed by atoms with Crippen LogP contribution in [0.5, 0.6) is 0 Å². The van der Waals surface area contributed by atoms with Crippen LogP contribution in [0.4, 0.5) is 0 Å². The van der Waals surface area contributed by atoms with Gasteiger partial charge in [-0.25, -0.2) is 0 Å². The summed E-state index contributed by atoms with van der Waals surface area (Å²) >= 11 is 0. The van der Waals surface area contributed by atoms with Crippen molar-refractivity contribution in [3.63, 3.8) is 0 Å². The third-order valence-corrected chi connectivity index (χ3v) is 2.34. The first-order chi connectivity index (χ1) is 7.33. The van der Waals surface area contributed by atoms with Gasteiger partial charge < -0.3 is 0 Å². The van der Waals surface area contributed by atoms with Gasteiger partial charge in [0.15, 0.2) is 0 Å². The molecule has 0 amide bonds. The lowest BCUT2D eigenvalue weighted by atomic mass is 9.97. The maximum absolute atomic E-state index is 2.16. The molecule has 0 saturated carbocycles. The lowest BCUT2D eigenvalue weighted by Gasteiger charge is -2.08. The summed E-state index contributed by atoms with van der Waals surface area (Å²) in [6.07, 6.45) is 8.51. The van der Waals surface area contributed by atoms with Crippen LogP contribution >= 0.6 is 0 Å². The highest BCUT2D eigenvalue weighted by atomic mass is 14.1. The fourth-order valence-electron chi connectivity index (χ4n) is 1.64. The van der Waals surface area contributed by atoms with E-state index in [-0.39, 0.29) is 0 Å². The van der Waals surface area contributed by atoms with Crippen LogP contribution in [-0.4, -0.2) is 0 Å². The molecule has 0 N–H and O–H groups in total. The SMILES string of the molecule is C\C=C/C(=C\C)C(=C\C)/c1ccccc1. The lowest BCUT2D eigenvalue weighted by molar-refractivity contribution is 1.51. The molecular weight excluding hydrogens is 180 g/mol. The van der Waals surface area contributed by atoms with Crippen molar-refractivity contribution in [1.29, 1.82) is 0 Å². The first-order valence-corrected chi connectivity index (χ1v) is 5.34. The number of allylic oxidation sites excluding steroid dienone is 6. The summed E-state index contributed by atoms with van der Waals surface area (Å²) < 4.78 is 0. The standard InChI is InChI=1S/C15H18/c1-4-10-13(5-2)15(6-3)14-11-8-7-9-12-14/h4-12H,1-3H3/b10-4-,13-5+,15-6+. The summed E-state index contributed by atoms with van der Waals surface area (Å²) in [6, 6.07) is 10.5. The van der Waals surface area contributed by atoms with Gasteiger partial charge in [0.25, 0.3) is 0 Å². The topological polar surface area (TPSA) is 0 Å². The molecule has 15 heavy (non-hydrogen) atoms. The molecular formula is C15H18. The maximum atomic E-state index is 2.16. The maximum Gasteiger partial charge on any atom is -0.0158 e. The average Bonchev–Trinajstić information content (AvgIpc) is 2.30. The van der Waals surface area contributed by atoms with Gasteiger partial charge in [0.1, 0.15) is 0 Å². The molecule has 0 nitrogen and oxygen atoms in total. The Kier molecular flexibility index (Phi) is 4.62. The van der Waals surface area contributed by atoms with Crippen molar-refractivity contribution < 1.29 is 0 Å². The summed E-state index contributed by atoms with van der Waals surface area (Å²) in [5, 5.41) is 0. The highest BCUT2D eigenvalue weighted by Gasteiger charge is 2.02. The summed E-state index contributed by atoms with van der Waals surface area (Å²) in [4.78, 5) is 0. The third-order valence-electron chi connectivity index (χ3n) is 2.34. The van der Waals surface area contributed by atoms with Crippen LogP contribution in [-0.2, 0) is 0 Å². The fraction of sp³-hybridized carbons (Fsp3) is 0.200. The van der Waals surface area contributed by atoms with Gasteiger partial charge in [0.05, 0.1) is 0 Å². The van der Waals surface area contributed by atoms with Crippen LogP contribution in [0.1, 0.15) is 26.3 Å². The molecule has 0 atom stereocenters. The van der Waals surface area contributed by atoms with Crippen LogP contribution in [0.3, 0.4) is 0 Å². The Morgan fingerprint density at radius 2 is 1.60 bits per heavy atom. The zero-order chi connectivity index (χ0) is 11.1. The van der Waals surface area contributed by atoms with Crippen molar-refractivity contribution in [2.45, 2.75) is 20.8 Å². The summed E-state index contributed by atoms with van der Waals surface area (Å²) in [7, 11) is 0. The van der Waals surface area contributed by atoms with Gasteiger partial charge in [0.2, 0.25) is 0 Å². The molecule has 1 aromatic carbocycles. The molecule has 0 spiro atoms. The van der Waals surface area contributed by atoms with Gasteiger partial charge in [0, 0.05) is 0 Å². The van der Waals surface area contributed by atoms with Gasteiger partial charge in [-0.15, -0.1) is 0 Å². The van der Waals surface area contributed by atoms with Crippen molar-refractivity contribution in [3.8, 4) is 0 Å². The molecule has 0 bridgehead atoms. The number of benzene rings is 1. The number of hydrogen-bond donors (Lipinski definition) is 0. The zero-order valence-electron chi connectivity index (χ0n) is 9.70. The van der Waals surface area contributed by atoms with Crippen LogP contribution in [0.15, 0.2) is 60.2 Å². The predicted molar refractivity (Wildman–Crippen MR) is 68.7 cm³/mol. The smallest absolute Gasteiger partial charge is 0.0158 e. The summed E-state index contributed by atoms with van der Waals surface area (Å²) in [5.41, 5.74) is 3.83. The quantitative estimate of drug-likeness (QED) is 0.622. The second-order valence-corrected chi connectivity index (χ2v) is 3.31.